The molecule has 32 heteroatoms. The number of esters is 2. The quantitative estimate of drug-likeness (QED) is 0.0108. The average molecular weight is 1620 g/mol. The number of hydrogen-bond acceptors (Lipinski definition) is 19. The zero-order chi connectivity index (χ0) is 82.4. The maximum Gasteiger partial charge on any atom is 0.309 e. The average Bonchev–Trinajstić information content (AvgIpc) is 1.62. The van der Waals surface area contributed by atoms with E-state index in [0.717, 1.165) is 99.7 Å². The van der Waals surface area contributed by atoms with E-state index in [2.05, 4.69) is 57.4 Å². The number of aliphatic hydroxyl groups excluding tert-OH is 1. The number of oxime groups is 4. The van der Waals surface area contributed by atoms with Crippen LogP contribution in [-0.4, -0.2) is 142 Å². The van der Waals surface area contributed by atoms with E-state index in [1.165, 1.54) is 53.9 Å². The fourth-order valence-corrected chi connectivity index (χ4v) is 12.2. The van der Waals surface area contributed by atoms with Crippen LogP contribution in [0.4, 0.5) is 43.9 Å². The topological polar surface area (TPSA) is 300 Å². The number of nitrogens with zero attached hydrogens (tertiary/aromatic N) is 5. The molecule has 7 atom stereocenters. The minimum absolute atomic E-state index is 0. The molecule has 4 heterocycles. The van der Waals surface area contributed by atoms with Gasteiger partial charge in [-0.3, -0.25) is 24.0 Å². The molecule has 6 aliphatic rings. The predicted octanol–water partition coefficient (Wildman–Crippen LogP) is 16.3. The Morgan fingerprint density at radius 2 is 0.895 bits per heavy atom. The summed E-state index contributed by atoms with van der Waals surface area (Å²) in [6.45, 7) is 9.25. The fourth-order valence-electron chi connectivity index (χ4n) is 12.2. The van der Waals surface area contributed by atoms with E-state index < -0.39 is 82.5 Å². The molecule has 0 aromatic heterocycles. The number of amides is 1. The summed E-state index contributed by atoms with van der Waals surface area (Å²) in [6.07, 6.45) is 10.7. The van der Waals surface area contributed by atoms with Crippen molar-refractivity contribution in [1.29, 1.82) is 0 Å². The van der Waals surface area contributed by atoms with Crippen molar-refractivity contribution in [3.63, 3.8) is 0 Å². The van der Waals surface area contributed by atoms with Crippen LogP contribution in [0.25, 0.3) is 0 Å². The van der Waals surface area contributed by atoms with Gasteiger partial charge in [0.1, 0.15) is 88.7 Å². The Balaban J connectivity index is 0.000000248. The molecule has 0 radical (unpaired) electrons. The summed E-state index contributed by atoms with van der Waals surface area (Å²) in [5, 5.41) is 45.1. The Morgan fingerprint density at radius 1 is 0.535 bits per heavy atom. The Morgan fingerprint density at radius 3 is 1.26 bits per heavy atom. The molecule has 6 N–H and O–H groups in total. The molecule has 4 aliphatic heterocycles. The summed E-state index contributed by atoms with van der Waals surface area (Å²) in [6, 6.07) is 36.1. The molecule has 0 bridgehead atoms. The monoisotopic (exact) mass is 1620 g/mol. The van der Waals surface area contributed by atoms with E-state index in [0.29, 0.717) is 74.6 Å². The number of carboxylic acid groups (broad SMARTS) is 1. The van der Waals surface area contributed by atoms with Crippen molar-refractivity contribution >= 4 is 65.9 Å². The van der Waals surface area contributed by atoms with Crippen LogP contribution >= 0.6 is 12.4 Å². The molecular weight excluding hydrogens is 1530 g/mol. The highest BCUT2D eigenvalue weighted by Crippen LogP contribution is 2.37. The van der Waals surface area contributed by atoms with Crippen molar-refractivity contribution in [2.24, 2.45) is 26.5 Å². The highest BCUT2D eigenvalue weighted by atomic mass is 35.5. The van der Waals surface area contributed by atoms with Crippen molar-refractivity contribution < 1.29 is 117 Å². The number of ether oxygens (including phenoxy) is 3. The van der Waals surface area contributed by atoms with E-state index in [-0.39, 0.29) is 114 Å². The minimum atomic E-state index is -1.01. The summed E-state index contributed by atoms with van der Waals surface area (Å²) in [4.78, 5) is 73.8. The number of carbonyl (C=O) groups is 5. The second-order valence-electron chi connectivity index (χ2n) is 26.2. The van der Waals surface area contributed by atoms with Gasteiger partial charge >= 0.3 is 17.9 Å². The predicted molar refractivity (Wildman–Crippen MR) is 404 cm³/mol. The number of morpholine rings is 1. The molecule has 7 aromatic rings. The number of rotatable bonds is 17. The summed E-state index contributed by atoms with van der Waals surface area (Å²) >= 11 is 0. The van der Waals surface area contributed by atoms with Gasteiger partial charge in [0.2, 0.25) is 5.91 Å². The third kappa shape index (κ3) is 31.6. The van der Waals surface area contributed by atoms with Crippen molar-refractivity contribution in [2.75, 3.05) is 26.3 Å². The molecule has 0 spiro atoms. The van der Waals surface area contributed by atoms with Crippen LogP contribution < -0.4 is 5.90 Å². The summed E-state index contributed by atoms with van der Waals surface area (Å²) in [5.74, 6) is -4.42. The number of aliphatic hydroxyl groups is 1. The first-order valence-electron chi connectivity index (χ1n) is 36.0. The lowest BCUT2D eigenvalue weighted by Gasteiger charge is -2.31. The Kier molecular flexibility index (Phi) is 40.8. The highest BCUT2D eigenvalue weighted by Gasteiger charge is 2.35. The number of carbonyl (C=O) groups excluding carboxylic acids is 4. The normalized spacial score (nSPS) is 18.9. The Labute approximate surface area is 658 Å². The number of carboxylic acids is 1. The third-order valence-corrected chi connectivity index (χ3v) is 17.5. The molecule has 2 aliphatic carbocycles. The smallest absolute Gasteiger partial charge is 0.309 e. The number of benzene rings is 7. The van der Waals surface area contributed by atoms with Gasteiger partial charge in [-0.1, -0.05) is 100 Å². The first-order valence-corrected chi connectivity index (χ1v) is 36.0. The molecule has 7 aromatic carbocycles. The molecule has 0 unspecified atom stereocenters. The van der Waals surface area contributed by atoms with Gasteiger partial charge in [-0.2, -0.15) is 0 Å². The van der Waals surface area contributed by atoms with Crippen LogP contribution in [0.3, 0.4) is 0 Å². The van der Waals surface area contributed by atoms with Crippen LogP contribution in [0.15, 0.2) is 185 Å². The number of nitrogens with two attached hydrogens (primary N) is 1. The van der Waals surface area contributed by atoms with Gasteiger partial charge in [-0.05, 0) is 124 Å². The highest BCUT2D eigenvalue weighted by molar-refractivity contribution is 6.03. The maximum atomic E-state index is 13.9. The minimum Gasteiger partial charge on any atom is -0.481 e. The van der Waals surface area contributed by atoms with Gasteiger partial charge in [-0.15, -0.1) is 19.0 Å². The van der Waals surface area contributed by atoms with Crippen LogP contribution in [-0.2, 0) is 47.9 Å². The molecule has 21 nitrogen and oxygen atoms in total. The molecule has 1 saturated heterocycles. The number of halogens is 11. The van der Waals surface area contributed by atoms with Crippen LogP contribution in [0.2, 0.25) is 0 Å². The van der Waals surface area contributed by atoms with E-state index in [1.54, 1.807) is 24.8 Å². The number of hydrogen-bond donors (Lipinski definition) is 5. The van der Waals surface area contributed by atoms with Crippen molar-refractivity contribution in [3.05, 3.63) is 261 Å². The van der Waals surface area contributed by atoms with Gasteiger partial charge in [0.05, 0.1) is 67.8 Å². The van der Waals surface area contributed by atoms with Crippen molar-refractivity contribution in [2.45, 2.75) is 159 Å². The van der Waals surface area contributed by atoms with E-state index >= 15 is 0 Å². The van der Waals surface area contributed by atoms with Gasteiger partial charge in [0.25, 0.3) is 0 Å². The second-order valence-corrected chi connectivity index (χ2v) is 26.2. The Hall–Kier alpha value is -10.9. The zero-order valence-electron chi connectivity index (χ0n) is 62.2. The molecule has 114 heavy (non-hydrogen) atoms. The largest absolute Gasteiger partial charge is 0.481 e. The van der Waals surface area contributed by atoms with E-state index in [9.17, 15) is 67.9 Å². The lowest BCUT2D eigenvalue weighted by molar-refractivity contribution is -0.154. The van der Waals surface area contributed by atoms with E-state index in [4.69, 9.17) is 49.4 Å². The van der Waals surface area contributed by atoms with Crippen molar-refractivity contribution in [1.82, 2.24) is 4.90 Å². The molecule has 2 saturated carbocycles. The molecular formula is C82H89ClF10N6O15. The lowest BCUT2D eigenvalue weighted by Crippen LogP contribution is -2.41. The molecule has 3 fully saturated rings. The summed E-state index contributed by atoms with van der Waals surface area (Å²) in [7, 11) is 0. The lowest BCUT2D eigenvalue weighted by atomic mass is 9.81. The molecule has 614 valence electrons. The number of aliphatic carboxylic acids is 1. The first-order chi connectivity index (χ1) is 54.3. The van der Waals surface area contributed by atoms with Crippen LogP contribution in [0.1, 0.15) is 166 Å². The second kappa shape index (κ2) is 49.6. The molecule has 13 rings (SSSR count). The first kappa shape index (κ1) is 93.7. The summed E-state index contributed by atoms with van der Waals surface area (Å²) in [5.41, 5.74) is 4.02. The number of aldehydes is 1. The maximum absolute atomic E-state index is 13.9. The van der Waals surface area contributed by atoms with Gasteiger partial charge in [0, 0.05) is 103 Å². The van der Waals surface area contributed by atoms with Crippen molar-refractivity contribution in [3.8, 4) is 0 Å². The summed E-state index contributed by atoms with van der Waals surface area (Å²) < 4.78 is 146. The van der Waals surface area contributed by atoms with Gasteiger partial charge in [0.15, 0.2) is 6.29 Å². The fraction of sp³-hybridized carbons (Fsp3) is 0.354. The van der Waals surface area contributed by atoms with Gasteiger partial charge in [-0.25, -0.2) is 49.8 Å². The van der Waals surface area contributed by atoms with Crippen LogP contribution in [0, 0.1) is 58.2 Å². The van der Waals surface area contributed by atoms with Gasteiger partial charge < -0.3 is 54.3 Å². The van der Waals surface area contributed by atoms with E-state index in [1.807, 2.05) is 36.4 Å². The Bertz CT molecular complexity index is 4360. The third-order valence-electron chi connectivity index (χ3n) is 17.5. The van der Waals surface area contributed by atoms with Crippen LogP contribution in [0.5, 0.6) is 0 Å². The molecule has 1 amide bonds. The standard InChI is InChI=1S/C23H23F2NO3.C16H20O2.C15H16F2N2O3.C11H9F2NO3.C7H5F2NO.C7H4F2O.C3H8O.ClH.H3NO/c24-16-10-11-19(20(25)12-16)21-13-17(29-26-21)14-23(27)28-22-9-5-4-8-18(22)15-6-2-1-3-7-15;1-2-8-16(17)18-15-12-7-6-11-14(15)13-9-4-3-5-10-13;16-10-1-2-12(13(17)7-10)14-8-11(22-18-14)9-15(20)19-3-5-21-6-4-19;12-6-1-2-8(9(13)3-6)10-4-7(17-14-10)5-11(15)16;8-6-2-1-5(4-10-11)7(9)3-6;8-6-2-1-5(4-10)7(9)3-6;1-3(2)4;;1-2/h1-3,6-7,10-12,17-18,22H,4-5,8-9,13-14H2;2-5,9-10,14-15H,1,6-8,11-12H2;1-2,7,11H,3-6,8-9H2;1-3,7H,4-5H2,(H,15,16);1-4,11H;1-4H;3-4H,1-2H3;1H;2H,1H2/b;;;;10-4+;;;;/t17-,18+,22-;14-,15+;11-;7-;;;;;/m1011...../s1. The SMILES string of the molecule is C=CCC(=O)O[C@@H]1CCCC[C@H]1c1ccccc1.CC(C)O.Cl.NO.O/N=C/c1ccc(F)cc1F.O=C(C[C@H]1CC(c2ccc(F)cc2F)=NO1)N1CCOCC1.O=C(C[C@H]1CC(c2ccc(F)cc2F)=NO1)O[C@@H]1CCCC[C@H]1c1ccccc1.O=C(O)C[C@H]1CC(c2ccc(F)cc2F)=NO1.O=Cc1ccc(F)cc1F. The zero-order valence-corrected chi connectivity index (χ0v) is 63.0.